The topological polar surface area (TPSA) is 61.8 Å². The summed E-state index contributed by atoms with van der Waals surface area (Å²) in [5, 5.41) is 11.8. The van der Waals surface area contributed by atoms with Gasteiger partial charge in [-0.05, 0) is 17.7 Å². The van der Waals surface area contributed by atoms with Gasteiger partial charge in [0.2, 0.25) is 0 Å². The number of benzene rings is 2. The summed E-state index contributed by atoms with van der Waals surface area (Å²) in [6.45, 7) is 0.377. The molecule has 5 nitrogen and oxygen atoms in total. The number of aliphatic hydroxyl groups is 1. The van der Waals surface area contributed by atoms with Crippen LogP contribution in [0.5, 0.6) is 5.75 Å². The van der Waals surface area contributed by atoms with Crippen LogP contribution in [0.15, 0.2) is 48.5 Å². The van der Waals surface area contributed by atoms with Crippen molar-refractivity contribution in [3.63, 3.8) is 0 Å². The molecule has 6 heteroatoms. The summed E-state index contributed by atoms with van der Waals surface area (Å²) in [4.78, 5) is 13.8. The lowest BCUT2D eigenvalue weighted by Gasteiger charge is -2.22. The number of aliphatic hydroxyl groups excluding tert-OH is 1. The molecule has 2 amide bonds. The summed E-state index contributed by atoms with van der Waals surface area (Å²) < 4.78 is 18.5. The summed E-state index contributed by atoms with van der Waals surface area (Å²) >= 11 is 0. The zero-order valence-electron chi connectivity index (χ0n) is 12.8. The Hall–Kier alpha value is -2.60. The zero-order chi connectivity index (χ0) is 16.7. The van der Waals surface area contributed by atoms with Crippen molar-refractivity contribution in [2.75, 3.05) is 25.6 Å². The molecule has 0 bridgehead atoms. The second-order valence-corrected chi connectivity index (χ2v) is 4.91. The molecule has 0 fully saturated rings. The van der Waals surface area contributed by atoms with Crippen LogP contribution >= 0.6 is 0 Å². The van der Waals surface area contributed by atoms with Gasteiger partial charge in [0.1, 0.15) is 0 Å². The van der Waals surface area contributed by atoms with Gasteiger partial charge in [0, 0.05) is 24.8 Å². The Bertz CT molecular complexity index is 650. The first kappa shape index (κ1) is 16.8. The van der Waals surface area contributed by atoms with E-state index < -0.39 is 11.8 Å². The maximum absolute atomic E-state index is 13.7. The average Bonchev–Trinajstić information content (AvgIpc) is 2.55. The number of carbonyl (C=O) groups excluding carboxylic acids is 1. The van der Waals surface area contributed by atoms with Crippen LogP contribution in [0, 0.1) is 5.82 Å². The van der Waals surface area contributed by atoms with Crippen LogP contribution in [0.25, 0.3) is 0 Å². The first-order chi connectivity index (χ1) is 11.1. The van der Waals surface area contributed by atoms with E-state index in [0.29, 0.717) is 12.2 Å². The number of methoxy groups -OCH3 is 1. The number of hydrogen-bond donors (Lipinski definition) is 2. The number of anilines is 1. The highest BCUT2D eigenvalue weighted by atomic mass is 19.1. The van der Waals surface area contributed by atoms with Crippen molar-refractivity contribution < 1.29 is 19.0 Å². The number of nitrogens with one attached hydrogen (secondary N) is 1. The molecule has 0 aromatic heterocycles. The van der Waals surface area contributed by atoms with Gasteiger partial charge in [-0.15, -0.1) is 0 Å². The van der Waals surface area contributed by atoms with E-state index in [0.717, 1.165) is 5.56 Å². The zero-order valence-corrected chi connectivity index (χ0v) is 12.8. The normalized spacial score (nSPS) is 10.2. The lowest BCUT2D eigenvalue weighted by atomic mass is 10.2. The van der Waals surface area contributed by atoms with Crippen LogP contribution in [-0.2, 0) is 6.54 Å². The Morgan fingerprint density at radius 3 is 2.61 bits per heavy atom. The summed E-state index contributed by atoms with van der Waals surface area (Å²) in [6.07, 6.45) is 0. The molecule has 0 atom stereocenters. The van der Waals surface area contributed by atoms with Crippen LogP contribution in [0.2, 0.25) is 0 Å². The van der Waals surface area contributed by atoms with E-state index in [1.807, 2.05) is 30.3 Å². The fourth-order valence-electron chi connectivity index (χ4n) is 2.12. The molecule has 2 aromatic rings. The first-order valence-electron chi connectivity index (χ1n) is 7.18. The number of hydrogen-bond acceptors (Lipinski definition) is 3. The third-order valence-corrected chi connectivity index (χ3v) is 3.28. The van der Waals surface area contributed by atoms with E-state index in [2.05, 4.69) is 5.32 Å². The van der Waals surface area contributed by atoms with Crippen LogP contribution < -0.4 is 10.1 Å². The van der Waals surface area contributed by atoms with Gasteiger partial charge < -0.3 is 20.1 Å². The largest absolute Gasteiger partial charge is 0.494 e. The smallest absolute Gasteiger partial charge is 0.322 e. The van der Waals surface area contributed by atoms with Gasteiger partial charge in [-0.25, -0.2) is 9.18 Å². The molecular formula is C17H19FN2O3. The van der Waals surface area contributed by atoms with Crippen molar-refractivity contribution in [1.29, 1.82) is 0 Å². The molecule has 2 aromatic carbocycles. The molecule has 2 N–H and O–H groups in total. The Balaban J connectivity index is 2.07. The standard InChI is InChI=1S/C17H19FN2O3/c1-23-16-8-7-14(11-15(16)18)19-17(22)20(9-10-21)12-13-5-3-2-4-6-13/h2-8,11,21H,9-10,12H2,1H3,(H,19,22). The molecule has 0 heterocycles. The minimum absolute atomic E-state index is 0.111. The lowest BCUT2D eigenvalue weighted by molar-refractivity contribution is 0.185. The number of halogens is 1. The third kappa shape index (κ3) is 4.69. The predicted octanol–water partition coefficient (Wildman–Crippen LogP) is 2.86. The molecule has 0 saturated heterocycles. The van der Waals surface area contributed by atoms with Crippen LogP contribution in [0.4, 0.5) is 14.9 Å². The van der Waals surface area contributed by atoms with Crippen LogP contribution in [-0.4, -0.2) is 36.3 Å². The van der Waals surface area contributed by atoms with E-state index >= 15 is 0 Å². The highest BCUT2D eigenvalue weighted by Gasteiger charge is 2.14. The molecule has 122 valence electrons. The number of carbonyl (C=O) groups is 1. The fraction of sp³-hybridized carbons (Fsp3) is 0.235. The molecule has 23 heavy (non-hydrogen) atoms. The van der Waals surface area contributed by atoms with Crippen molar-refractivity contribution in [3.8, 4) is 5.75 Å². The van der Waals surface area contributed by atoms with Crippen molar-refractivity contribution in [2.24, 2.45) is 0 Å². The molecule has 0 unspecified atom stereocenters. The summed E-state index contributed by atoms with van der Waals surface area (Å²) in [7, 11) is 1.37. The van der Waals surface area contributed by atoms with Gasteiger partial charge in [0.25, 0.3) is 0 Å². The Morgan fingerprint density at radius 2 is 2.00 bits per heavy atom. The van der Waals surface area contributed by atoms with Crippen LogP contribution in [0.3, 0.4) is 0 Å². The SMILES string of the molecule is COc1ccc(NC(=O)N(CCO)Cc2ccccc2)cc1F. The third-order valence-electron chi connectivity index (χ3n) is 3.28. The maximum Gasteiger partial charge on any atom is 0.322 e. The molecule has 0 saturated carbocycles. The minimum Gasteiger partial charge on any atom is -0.494 e. The quantitative estimate of drug-likeness (QED) is 0.861. The van der Waals surface area contributed by atoms with E-state index in [-0.39, 0.29) is 18.9 Å². The number of urea groups is 1. The van der Waals surface area contributed by atoms with Crippen molar-refractivity contribution in [2.45, 2.75) is 6.54 Å². The van der Waals surface area contributed by atoms with Crippen molar-refractivity contribution in [1.82, 2.24) is 4.90 Å². The second kappa shape index (κ2) is 8.14. The summed E-state index contributed by atoms with van der Waals surface area (Å²) in [6, 6.07) is 13.2. The highest BCUT2D eigenvalue weighted by molar-refractivity contribution is 5.89. The summed E-state index contributed by atoms with van der Waals surface area (Å²) in [5.41, 5.74) is 1.27. The number of ether oxygens (including phenoxy) is 1. The lowest BCUT2D eigenvalue weighted by Crippen LogP contribution is -2.36. The number of nitrogens with zero attached hydrogens (tertiary/aromatic N) is 1. The monoisotopic (exact) mass is 318 g/mol. The van der Waals surface area contributed by atoms with E-state index in [4.69, 9.17) is 9.84 Å². The second-order valence-electron chi connectivity index (χ2n) is 4.91. The van der Waals surface area contributed by atoms with Gasteiger partial charge in [-0.1, -0.05) is 30.3 Å². The molecule has 0 aliphatic heterocycles. The molecular weight excluding hydrogens is 299 g/mol. The molecule has 0 spiro atoms. The van der Waals surface area contributed by atoms with Gasteiger partial charge in [-0.3, -0.25) is 0 Å². The fourth-order valence-corrected chi connectivity index (χ4v) is 2.12. The Kier molecular flexibility index (Phi) is 5.94. The van der Waals surface area contributed by atoms with Crippen LogP contribution in [0.1, 0.15) is 5.56 Å². The van der Waals surface area contributed by atoms with Crippen molar-refractivity contribution in [3.05, 3.63) is 59.9 Å². The molecule has 0 radical (unpaired) electrons. The van der Waals surface area contributed by atoms with Gasteiger partial charge in [-0.2, -0.15) is 0 Å². The highest BCUT2D eigenvalue weighted by Crippen LogP contribution is 2.21. The Morgan fingerprint density at radius 1 is 1.26 bits per heavy atom. The van der Waals surface area contributed by atoms with Gasteiger partial charge >= 0.3 is 6.03 Å². The average molecular weight is 318 g/mol. The Labute approximate surface area is 134 Å². The molecule has 2 rings (SSSR count). The predicted molar refractivity (Wildman–Crippen MR) is 85.9 cm³/mol. The summed E-state index contributed by atoms with van der Waals surface area (Å²) in [5.74, 6) is -0.443. The minimum atomic E-state index is -0.554. The maximum atomic E-state index is 13.7. The first-order valence-corrected chi connectivity index (χ1v) is 7.18. The van der Waals surface area contributed by atoms with Gasteiger partial charge in [0.05, 0.1) is 13.7 Å². The number of rotatable bonds is 6. The molecule has 0 aliphatic rings. The molecule has 0 aliphatic carbocycles. The van der Waals surface area contributed by atoms with E-state index in [9.17, 15) is 9.18 Å². The number of amides is 2. The van der Waals surface area contributed by atoms with E-state index in [1.54, 1.807) is 6.07 Å². The van der Waals surface area contributed by atoms with Crippen molar-refractivity contribution >= 4 is 11.7 Å². The van der Waals surface area contributed by atoms with Gasteiger partial charge in [0.15, 0.2) is 11.6 Å². The van der Waals surface area contributed by atoms with E-state index in [1.165, 1.54) is 24.1 Å².